The van der Waals surface area contributed by atoms with Gasteiger partial charge < -0.3 is 4.40 Å². The number of para-hydroxylation sites is 2. The Hall–Kier alpha value is -7.56. The predicted molar refractivity (Wildman–Crippen MR) is 234 cm³/mol. The van der Waals surface area contributed by atoms with Gasteiger partial charge in [-0.1, -0.05) is 152 Å². The fourth-order valence-corrected chi connectivity index (χ4v) is 9.60. The molecule has 56 heavy (non-hydrogen) atoms. The summed E-state index contributed by atoms with van der Waals surface area (Å²) >= 11 is 0. The molecule has 4 heterocycles. The molecule has 13 aromatic rings. The van der Waals surface area contributed by atoms with E-state index in [0.29, 0.717) is 5.95 Å². The normalized spacial score (nSPS) is 12.3. The molecule has 9 aromatic carbocycles. The molecule has 0 saturated heterocycles. The second kappa shape index (κ2) is 11.0. The first-order valence-electron chi connectivity index (χ1n) is 19.2. The van der Waals surface area contributed by atoms with E-state index in [1.807, 2.05) is 0 Å². The molecule has 0 fully saturated rings. The van der Waals surface area contributed by atoms with Gasteiger partial charge in [-0.15, -0.1) is 0 Å². The minimum atomic E-state index is 0.661. The molecular formula is C52H30N4. The highest BCUT2D eigenvalue weighted by Gasteiger charge is 2.26. The van der Waals surface area contributed by atoms with Gasteiger partial charge in [-0.25, -0.2) is 9.97 Å². The molecule has 13 rings (SSSR count). The first-order chi connectivity index (χ1) is 27.8. The molecule has 0 spiro atoms. The molecule has 0 aliphatic carbocycles. The standard InChI is InChI=1S/C52H30N4/c1-2-12-31(13-3-1)32-22-24-35(25-23-32)48-40-28-26-34-15-5-7-17-37(34)49(40)54-52(53-48)56-44-21-11-9-19-39(44)42-30-41-38-18-8-10-20-43(38)55-45-29-27-33-14-4-6-16-36(33)46(45)47(50(41)55)51(42)56/h1-30H. The van der Waals surface area contributed by atoms with Crippen molar-refractivity contribution >= 4 is 92.3 Å². The third-order valence-corrected chi connectivity index (χ3v) is 12.0. The summed E-state index contributed by atoms with van der Waals surface area (Å²) in [6.07, 6.45) is 0. The monoisotopic (exact) mass is 710 g/mol. The quantitative estimate of drug-likeness (QED) is 0.171. The van der Waals surface area contributed by atoms with Gasteiger partial charge in [0, 0.05) is 48.7 Å². The summed E-state index contributed by atoms with van der Waals surface area (Å²) in [5.41, 5.74) is 11.2. The molecule has 258 valence electrons. The third kappa shape index (κ3) is 3.92. The molecule has 0 atom stereocenters. The Morgan fingerprint density at radius 2 is 0.929 bits per heavy atom. The van der Waals surface area contributed by atoms with Crippen molar-refractivity contribution in [3.63, 3.8) is 0 Å². The SMILES string of the molecule is c1ccc(-c2ccc(-c3nc(-n4c5ccccc5c5cc6c7ccccc7n7c8ccc9ccccc9c8c(c54)c67)nc4c3ccc3ccccc34)cc2)cc1. The average Bonchev–Trinajstić information content (AvgIpc) is 3.91. The molecule has 4 heteroatoms. The Morgan fingerprint density at radius 1 is 0.339 bits per heavy atom. The molecule has 0 aliphatic rings. The molecule has 0 unspecified atom stereocenters. The van der Waals surface area contributed by atoms with Crippen molar-refractivity contribution in [2.45, 2.75) is 0 Å². The molecule has 0 saturated carbocycles. The second-order valence-electron chi connectivity index (χ2n) is 14.9. The van der Waals surface area contributed by atoms with E-state index >= 15 is 0 Å². The number of nitrogens with zero attached hydrogens (tertiary/aromatic N) is 4. The summed E-state index contributed by atoms with van der Waals surface area (Å²) in [7, 11) is 0. The minimum absolute atomic E-state index is 0.661. The number of rotatable bonds is 3. The van der Waals surface area contributed by atoms with Gasteiger partial charge in [0.05, 0.1) is 38.8 Å². The fraction of sp³-hybridized carbons (Fsp3) is 0. The highest BCUT2D eigenvalue weighted by Crippen LogP contribution is 2.48. The van der Waals surface area contributed by atoms with Crippen molar-refractivity contribution in [3.05, 3.63) is 182 Å². The van der Waals surface area contributed by atoms with Crippen molar-refractivity contribution in [1.29, 1.82) is 0 Å². The van der Waals surface area contributed by atoms with Crippen LogP contribution in [0.2, 0.25) is 0 Å². The van der Waals surface area contributed by atoms with Crippen LogP contribution in [0.15, 0.2) is 182 Å². The summed E-state index contributed by atoms with van der Waals surface area (Å²) in [5.74, 6) is 0.661. The van der Waals surface area contributed by atoms with E-state index in [1.54, 1.807) is 0 Å². The maximum absolute atomic E-state index is 5.60. The van der Waals surface area contributed by atoms with E-state index in [1.165, 1.54) is 70.8 Å². The smallest absolute Gasteiger partial charge is 0.235 e. The van der Waals surface area contributed by atoms with Gasteiger partial charge in [0.1, 0.15) is 0 Å². The van der Waals surface area contributed by atoms with E-state index in [4.69, 9.17) is 9.97 Å². The molecule has 4 aromatic heterocycles. The maximum Gasteiger partial charge on any atom is 0.235 e. The molecule has 0 radical (unpaired) electrons. The van der Waals surface area contributed by atoms with E-state index in [9.17, 15) is 0 Å². The van der Waals surface area contributed by atoms with Crippen LogP contribution in [0.4, 0.5) is 0 Å². The lowest BCUT2D eigenvalue weighted by Gasteiger charge is -2.14. The number of hydrogen-bond donors (Lipinski definition) is 0. The Labute approximate surface area is 320 Å². The Bertz CT molecular complexity index is 3740. The first kappa shape index (κ1) is 29.8. The van der Waals surface area contributed by atoms with Gasteiger partial charge >= 0.3 is 0 Å². The molecule has 0 bridgehead atoms. The van der Waals surface area contributed by atoms with Gasteiger partial charge in [-0.05, 0) is 57.6 Å². The van der Waals surface area contributed by atoms with Crippen molar-refractivity contribution in [3.8, 4) is 28.3 Å². The van der Waals surface area contributed by atoms with Gasteiger partial charge in [0.25, 0.3) is 0 Å². The predicted octanol–water partition coefficient (Wildman–Crippen LogP) is 13.5. The van der Waals surface area contributed by atoms with E-state index < -0.39 is 0 Å². The third-order valence-electron chi connectivity index (χ3n) is 12.0. The van der Waals surface area contributed by atoms with Crippen LogP contribution in [-0.2, 0) is 0 Å². The van der Waals surface area contributed by atoms with Gasteiger partial charge in [0.15, 0.2) is 0 Å². The Kier molecular flexibility index (Phi) is 5.86. The zero-order valence-electron chi connectivity index (χ0n) is 30.1. The number of aromatic nitrogens is 4. The summed E-state index contributed by atoms with van der Waals surface area (Å²) in [6.45, 7) is 0. The van der Waals surface area contributed by atoms with Crippen LogP contribution in [0.5, 0.6) is 0 Å². The largest absolute Gasteiger partial charge is 0.308 e. The fourth-order valence-electron chi connectivity index (χ4n) is 9.60. The van der Waals surface area contributed by atoms with Gasteiger partial charge in [-0.3, -0.25) is 4.57 Å². The Morgan fingerprint density at radius 3 is 1.73 bits per heavy atom. The van der Waals surface area contributed by atoms with E-state index in [-0.39, 0.29) is 0 Å². The van der Waals surface area contributed by atoms with Crippen LogP contribution < -0.4 is 0 Å². The molecule has 0 aliphatic heterocycles. The van der Waals surface area contributed by atoms with Crippen LogP contribution in [0.1, 0.15) is 0 Å². The van der Waals surface area contributed by atoms with Crippen molar-refractivity contribution in [2.75, 3.05) is 0 Å². The van der Waals surface area contributed by atoms with E-state index in [2.05, 4.69) is 191 Å². The zero-order valence-corrected chi connectivity index (χ0v) is 30.1. The summed E-state index contributed by atoms with van der Waals surface area (Å²) in [4.78, 5) is 11.2. The van der Waals surface area contributed by atoms with Crippen LogP contribution in [0.25, 0.3) is 121 Å². The van der Waals surface area contributed by atoms with Crippen LogP contribution in [0, 0.1) is 0 Å². The minimum Gasteiger partial charge on any atom is -0.308 e. The van der Waals surface area contributed by atoms with Crippen molar-refractivity contribution < 1.29 is 0 Å². The van der Waals surface area contributed by atoms with Crippen molar-refractivity contribution in [1.82, 2.24) is 18.9 Å². The summed E-state index contributed by atoms with van der Waals surface area (Å²) in [5, 5.41) is 13.2. The summed E-state index contributed by atoms with van der Waals surface area (Å²) < 4.78 is 4.83. The molecular weight excluding hydrogens is 681 g/mol. The molecule has 4 nitrogen and oxygen atoms in total. The maximum atomic E-state index is 5.60. The lowest BCUT2D eigenvalue weighted by molar-refractivity contribution is 1.02. The van der Waals surface area contributed by atoms with Crippen LogP contribution >= 0.6 is 0 Å². The average molecular weight is 711 g/mol. The highest BCUT2D eigenvalue weighted by atomic mass is 15.2. The zero-order chi connectivity index (χ0) is 36.5. The summed E-state index contributed by atoms with van der Waals surface area (Å²) in [6, 6.07) is 65.7. The van der Waals surface area contributed by atoms with Gasteiger partial charge in [0.2, 0.25) is 5.95 Å². The number of hydrogen-bond acceptors (Lipinski definition) is 2. The van der Waals surface area contributed by atoms with E-state index in [0.717, 1.165) is 44.0 Å². The van der Waals surface area contributed by atoms with Crippen LogP contribution in [-0.4, -0.2) is 18.9 Å². The number of benzene rings is 9. The van der Waals surface area contributed by atoms with Crippen molar-refractivity contribution in [2.24, 2.45) is 0 Å². The highest BCUT2D eigenvalue weighted by molar-refractivity contribution is 6.37. The lowest BCUT2D eigenvalue weighted by atomic mass is 9.99. The number of fused-ring (bicyclic) bond motifs is 15. The van der Waals surface area contributed by atoms with Crippen LogP contribution in [0.3, 0.4) is 0 Å². The topological polar surface area (TPSA) is 35.1 Å². The first-order valence-corrected chi connectivity index (χ1v) is 19.2. The van der Waals surface area contributed by atoms with Gasteiger partial charge in [-0.2, -0.15) is 0 Å². The second-order valence-corrected chi connectivity index (χ2v) is 14.9. The molecule has 0 N–H and O–H groups in total. The molecule has 0 amide bonds. The lowest BCUT2D eigenvalue weighted by Crippen LogP contribution is -2.04. The Balaban J connectivity index is 1.22.